The van der Waals surface area contributed by atoms with E-state index in [2.05, 4.69) is 5.32 Å². The Balaban J connectivity index is 1.85. The molecule has 7 nitrogen and oxygen atoms in total. The average molecular weight is 352 g/mol. The maximum Gasteiger partial charge on any atom is 0.321 e. The Hall–Kier alpha value is -2.28. The number of carbonyl (C=O) groups is 3. The van der Waals surface area contributed by atoms with Gasteiger partial charge in [0.25, 0.3) is 5.91 Å². The number of anilines is 1. The fourth-order valence-electron chi connectivity index (χ4n) is 3.04. The lowest BCUT2D eigenvalue weighted by atomic mass is 9.90. The van der Waals surface area contributed by atoms with Gasteiger partial charge >= 0.3 is 12.0 Å². The van der Waals surface area contributed by atoms with Crippen LogP contribution < -0.4 is 10.2 Å². The van der Waals surface area contributed by atoms with Gasteiger partial charge < -0.3 is 15.3 Å². The fraction of sp³-hybridized carbons (Fsp3) is 0.438. The number of nitrogens with one attached hydrogen (secondary N) is 1. The van der Waals surface area contributed by atoms with E-state index in [1.807, 2.05) is 0 Å². The van der Waals surface area contributed by atoms with Crippen molar-refractivity contribution in [2.45, 2.75) is 13.3 Å². The lowest BCUT2D eigenvalue weighted by molar-refractivity contribution is -0.147. The fourth-order valence-corrected chi connectivity index (χ4v) is 3.24. The minimum atomic E-state index is -0.936. The van der Waals surface area contributed by atoms with Gasteiger partial charge in [-0.2, -0.15) is 0 Å². The summed E-state index contributed by atoms with van der Waals surface area (Å²) in [6.45, 7) is 3.22. The van der Waals surface area contributed by atoms with Crippen LogP contribution >= 0.6 is 11.6 Å². The third-order valence-corrected chi connectivity index (χ3v) is 4.96. The molecule has 2 aliphatic rings. The summed E-state index contributed by atoms with van der Waals surface area (Å²) < 4.78 is 0. The van der Waals surface area contributed by atoms with Crippen molar-refractivity contribution in [1.82, 2.24) is 10.2 Å². The van der Waals surface area contributed by atoms with Gasteiger partial charge in [0, 0.05) is 31.9 Å². The summed E-state index contributed by atoms with van der Waals surface area (Å²) in [5.74, 6) is -1.22. The summed E-state index contributed by atoms with van der Waals surface area (Å²) in [7, 11) is 0. The monoisotopic (exact) mass is 351 g/mol. The molecule has 0 spiro atoms. The summed E-state index contributed by atoms with van der Waals surface area (Å²) in [6.07, 6.45) is 0.403. The van der Waals surface area contributed by atoms with E-state index >= 15 is 0 Å². The Morgan fingerprint density at radius 3 is 2.67 bits per heavy atom. The van der Waals surface area contributed by atoms with Crippen molar-refractivity contribution >= 4 is 35.2 Å². The van der Waals surface area contributed by atoms with Gasteiger partial charge in [-0.15, -0.1) is 0 Å². The molecule has 128 valence electrons. The number of amides is 3. The first-order valence-corrected chi connectivity index (χ1v) is 8.07. The molecule has 0 aliphatic carbocycles. The van der Waals surface area contributed by atoms with Gasteiger partial charge in [-0.1, -0.05) is 11.6 Å². The molecule has 2 fully saturated rings. The second-order valence-corrected chi connectivity index (χ2v) is 6.80. The summed E-state index contributed by atoms with van der Waals surface area (Å²) in [6, 6.07) is 4.65. The van der Waals surface area contributed by atoms with E-state index in [4.69, 9.17) is 11.6 Å². The summed E-state index contributed by atoms with van der Waals surface area (Å²) >= 11 is 6.16. The standard InChI is InChI=1S/C16H18ClN3O4/c1-16(14(22)23)4-6-19(9-16)13(21)11-8-10(2-3-12(11)17)20-7-5-18-15(20)24/h2-3,8H,4-7,9H2,1H3,(H,18,24)(H,22,23). The summed E-state index contributed by atoms with van der Waals surface area (Å²) in [4.78, 5) is 38.9. The van der Waals surface area contributed by atoms with E-state index in [1.165, 1.54) is 4.90 Å². The highest BCUT2D eigenvalue weighted by atomic mass is 35.5. The zero-order valence-corrected chi connectivity index (χ0v) is 14.0. The molecular weight excluding hydrogens is 334 g/mol. The van der Waals surface area contributed by atoms with Crippen LogP contribution in [0.3, 0.4) is 0 Å². The number of hydrogen-bond acceptors (Lipinski definition) is 3. The van der Waals surface area contributed by atoms with Gasteiger partial charge in [0.05, 0.1) is 16.0 Å². The van der Waals surface area contributed by atoms with Crippen molar-refractivity contribution in [1.29, 1.82) is 0 Å². The second kappa shape index (κ2) is 5.98. The molecule has 3 amide bonds. The number of urea groups is 1. The first kappa shape index (κ1) is 16.6. The lowest BCUT2D eigenvalue weighted by Crippen LogP contribution is -2.35. The van der Waals surface area contributed by atoms with Crippen LogP contribution in [0.1, 0.15) is 23.7 Å². The van der Waals surface area contributed by atoms with E-state index in [0.29, 0.717) is 31.7 Å². The number of rotatable bonds is 3. The second-order valence-electron chi connectivity index (χ2n) is 6.39. The minimum Gasteiger partial charge on any atom is -0.481 e. The van der Waals surface area contributed by atoms with Crippen molar-refractivity contribution in [3.63, 3.8) is 0 Å². The Kier molecular flexibility index (Phi) is 4.13. The molecule has 1 unspecified atom stereocenters. The normalized spacial score (nSPS) is 23.5. The van der Waals surface area contributed by atoms with E-state index in [0.717, 1.165) is 0 Å². The van der Waals surface area contributed by atoms with Crippen LogP contribution in [-0.4, -0.2) is 54.1 Å². The van der Waals surface area contributed by atoms with Crippen molar-refractivity contribution in [2.75, 3.05) is 31.1 Å². The highest BCUT2D eigenvalue weighted by Crippen LogP contribution is 2.33. The molecule has 2 heterocycles. The molecule has 2 N–H and O–H groups in total. The van der Waals surface area contributed by atoms with Crippen LogP contribution in [0, 0.1) is 5.41 Å². The molecule has 1 aromatic carbocycles. The Morgan fingerprint density at radius 1 is 1.33 bits per heavy atom. The molecule has 0 aromatic heterocycles. The maximum absolute atomic E-state index is 12.8. The number of aliphatic carboxylic acids is 1. The number of benzene rings is 1. The Bertz CT molecular complexity index is 723. The van der Waals surface area contributed by atoms with E-state index in [-0.39, 0.29) is 29.1 Å². The smallest absolute Gasteiger partial charge is 0.321 e. The summed E-state index contributed by atoms with van der Waals surface area (Å²) in [5, 5.41) is 12.3. The molecule has 2 aliphatic heterocycles. The van der Waals surface area contributed by atoms with Crippen LogP contribution in [0.15, 0.2) is 18.2 Å². The van der Waals surface area contributed by atoms with Crippen LogP contribution in [-0.2, 0) is 4.79 Å². The van der Waals surface area contributed by atoms with Crippen molar-refractivity contribution in [3.05, 3.63) is 28.8 Å². The molecule has 0 radical (unpaired) electrons. The zero-order chi connectivity index (χ0) is 17.5. The average Bonchev–Trinajstić information content (AvgIpc) is 3.14. The predicted octanol–water partition coefficient (Wildman–Crippen LogP) is 1.81. The van der Waals surface area contributed by atoms with Gasteiger partial charge in [-0.25, -0.2) is 4.79 Å². The molecule has 0 saturated carbocycles. The predicted molar refractivity (Wildman–Crippen MR) is 88.5 cm³/mol. The van der Waals surface area contributed by atoms with Crippen LogP contribution in [0.5, 0.6) is 0 Å². The molecule has 8 heteroatoms. The third-order valence-electron chi connectivity index (χ3n) is 4.63. The van der Waals surface area contributed by atoms with Gasteiger partial charge in [0.1, 0.15) is 0 Å². The van der Waals surface area contributed by atoms with Gasteiger partial charge in [-0.05, 0) is 31.5 Å². The SMILES string of the molecule is CC1(C(=O)O)CCN(C(=O)c2cc(N3CCNC3=O)ccc2Cl)C1. The van der Waals surface area contributed by atoms with Crippen molar-refractivity contribution in [3.8, 4) is 0 Å². The molecule has 2 saturated heterocycles. The third kappa shape index (κ3) is 2.80. The first-order valence-electron chi connectivity index (χ1n) is 7.69. The number of hydrogen-bond donors (Lipinski definition) is 2. The quantitative estimate of drug-likeness (QED) is 0.869. The lowest BCUT2D eigenvalue weighted by Gasteiger charge is -2.21. The van der Waals surface area contributed by atoms with Crippen LogP contribution in [0.2, 0.25) is 5.02 Å². The number of carboxylic acid groups (broad SMARTS) is 1. The van der Waals surface area contributed by atoms with Gasteiger partial charge in [0.15, 0.2) is 0 Å². The highest BCUT2D eigenvalue weighted by molar-refractivity contribution is 6.34. The number of carboxylic acids is 1. The van der Waals surface area contributed by atoms with Crippen molar-refractivity contribution < 1.29 is 19.5 Å². The molecule has 1 atom stereocenters. The number of nitrogens with zero attached hydrogens (tertiary/aromatic N) is 2. The highest BCUT2D eigenvalue weighted by Gasteiger charge is 2.42. The largest absolute Gasteiger partial charge is 0.481 e. The molecular formula is C16H18ClN3O4. The Labute approximate surface area is 144 Å². The number of carbonyl (C=O) groups excluding carboxylic acids is 2. The molecule has 1 aromatic rings. The van der Waals surface area contributed by atoms with E-state index in [9.17, 15) is 19.5 Å². The van der Waals surface area contributed by atoms with Crippen molar-refractivity contribution in [2.24, 2.45) is 5.41 Å². The first-order chi connectivity index (χ1) is 11.3. The molecule has 0 bridgehead atoms. The Morgan fingerprint density at radius 2 is 2.08 bits per heavy atom. The number of likely N-dealkylation sites (tertiary alicyclic amines) is 1. The van der Waals surface area contributed by atoms with Gasteiger partial charge in [-0.3, -0.25) is 14.5 Å². The van der Waals surface area contributed by atoms with Crippen LogP contribution in [0.4, 0.5) is 10.5 Å². The van der Waals surface area contributed by atoms with Crippen LogP contribution in [0.25, 0.3) is 0 Å². The van der Waals surface area contributed by atoms with E-state index < -0.39 is 11.4 Å². The maximum atomic E-state index is 12.8. The number of halogens is 1. The zero-order valence-electron chi connectivity index (χ0n) is 13.2. The van der Waals surface area contributed by atoms with E-state index in [1.54, 1.807) is 30.0 Å². The summed E-state index contributed by atoms with van der Waals surface area (Å²) in [5.41, 5.74) is -0.0596. The van der Waals surface area contributed by atoms with Gasteiger partial charge in [0.2, 0.25) is 0 Å². The minimum absolute atomic E-state index is 0.145. The topological polar surface area (TPSA) is 89.9 Å². The molecule has 3 rings (SSSR count). The molecule has 24 heavy (non-hydrogen) atoms.